The number of nitrogens with zero attached hydrogens (tertiary/aromatic N) is 4. The van der Waals surface area contributed by atoms with E-state index in [-0.39, 0.29) is 5.56 Å². The summed E-state index contributed by atoms with van der Waals surface area (Å²) in [4.78, 5) is 18.3. The van der Waals surface area contributed by atoms with Crippen LogP contribution in [0.5, 0.6) is 0 Å². The maximum absolute atomic E-state index is 13.3. The minimum atomic E-state index is 0.223. The zero-order chi connectivity index (χ0) is 20.7. The van der Waals surface area contributed by atoms with Crippen LogP contribution in [0.15, 0.2) is 23.1 Å². The van der Waals surface area contributed by atoms with Crippen LogP contribution in [0.25, 0.3) is 0 Å². The molecule has 2 aromatic rings. The summed E-state index contributed by atoms with van der Waals surface area (Å²) in [5.74, 6) is 3.74. The van der Waals surface area contributed by atoms with Crippen molar-refractivity contribution in [2.75, 3.05) is 31.6 Å². The van der Waals surface area contributed by atoms with Gasteiger partial charge in [-0.1, -0.05) is 6.07 Å². The van der Waals surface area contributed by atoms with E-state index in [4.69, 9.17) is 0 Å². The Morgan fingerprint density at radius 3 is 2.73 bits per heavy atom. The SMILES string of the molecule is Cc1[nH]ncc1CN(C)Cc1ccc2n(c1=O)C[C@H]1C[C@@H]2CN(C2CCSCC2)C1. The Labute approximate surface area is 183 Å². The maximum Gasteiger partial charge on any atom is 0.255 e. The van der Waals surface area contributed by atoms with Crippen molar-refractivity contribution < 1.29 is 0 Å². The molecule has 0 unspecified atom stereocenters. The van der Waals surface area contributed by atoms with Crippen LogP contribution in [0, 0.1) is 12.8 Å². The first-order valence-electron chi connectivity index (χ1n) is 11.3. The first-order chi connectivity index (χ1) is 14.6. The van der Waals surface area contributed by atoms with Crippen molar-refractivity contribution in [2.24, 2.45) is 5.92 Å². The Hall–Kier alpha value is -1.57. The molecule has 6 nitrogen and oxygen atoms in total. The summed E-state index contributed by atoms with van der Waals surface area (Å²) in [6.07, 6.45) is 5.79. The molecule has 0 radical (unpaired) electrons. The van der Waals surface area contributed by atoms with Gasteiger partial charge in [-0.15, -0.1) is 0 Å². The van der Waals surface area contributed by atoms with Gasteiger partial charge in [0.2, 0.25) is 0 Å². The second-order valence-corrected chi connectivity index (χ2v) is 10.7. The molecule has 7 heteroatoms. The van der Waals surface area contributed by atoms with Crippen molar-refractivity contribution in [1.82, 2.24) is 24.6 Å². The molecule has 5 rings (SSSR count). The largest absolute Gasteiger partial charge is 0.312 e. The zero-order valence-corrected chi connectivity index (χ0v) is 19.0. The number of hydrogen-bond donors (Lipinski definition) is 1. The molecule has 30 heavy (non-hydrogen) atoms. The lowest BCUT2D eigenvalue weighted by Crippen LogP contribution is -2.51. The standard InChI is InChI=1S/C23H33N5OS/c1-16-20(10-24-25-16)14-26(2)13-18-3-4-22-19-9-17(12-28(22)23(18)29)11-27(15-19)21-5-7-30-8-6-21/h3-4,10,17,19,21H,5-9,11-15H2,1-2H3,(H,24,25)/t17-,19+/m0/s1. The highest BCUT2D eigenvalue weighted by Gasteiger charge is 2.37. The Kier molecular flexibility index (Phi) is 5.77. The summed E-state index contributed by atoms with van der Waals surface area (Å²) in [7, 11) is 2.07. The van der Waals surface area contributed by atoms with Gasteiger partial charge in [-0.25, -0.2) is 0 Å². The fourth-order valence-corrected chi connectivity index (χ4v) is 6.75. The molecular formula is C23H33N5OS. The van der Waals surface area contributed by atoms with Crippen LogP contribution in [-0.4, -0.2) is 62.2 Å². The summed E-state index contributed by atoms with van der Waals surface area (Å²) in [6, 6.07) is 5.09. The minimum Gasteiger partial charge on any atom is -0.312 e. The second kappa shape index (κ2) is 8.52. The lowest BCUT2D eigenvalue weighted by atomic mass is 9.82. The van der Waals surface area contributed by atoms with Crippen LogP contribution >= 0.6 is 11.8 Å². The molecule has 3 aliphatic heterocycles. The van der Waals surface area contributed by atoms with Gasteiger partial charge in [0.15, 0.2) is 0 Å². The first kappa shape index (κ1) is 20.3. The number of nitrogens with one attached hydrogen (secondary N) is 1. The lowest BCUT2D eigenvalue weighted by molar-refractivity contribution is 0.0773. The number of pyridine rings is 1. The van der Waals surface area contributed by atoms with Crippen molar-refractivity contribution >= 4 is 11.8 Å². The number of fused-ring (bicyclic) bond motifs is 4. The zero-order valence-electron chi connectivity index (χ0n) is 18.1. The molecule has 162 valence electrons. The van der Waals surface area contributed by atoms with Crippen LogP contribution in [0.2, 0.25) is 0 Å². The smallest absolute Gasteiger partial charge is 0.255 e. The van der Waals surface area contributed by atoms with E-state index in [1.807, 2.05) is 13.1 Å². The fourth-order valence-electron chi connectivity index (χ4n) is 5.67. The summed E-state index contributed by atoms with van der Waals surface area (Å²) in [5, 5.41) is 7.10. The average Bonchev–Trinajstić information content (AvgIpc) is 3.15. The summed E-state index contributed by atoms with van der Waals surface area (Å²) >= 11 is 2.10. The van der Waals surface area contributed by atoms with Gasteiger partial charge < -0.3 is 4.57 Å². The number of aromatic amines is 1. The quantitative estimate of drug-likeness (QED) is 0.795. The normalized spacial score (nSPS) is 24.9. The Morgan fingerprint density at radius 2 is 1.97 bits per heavy atom. The van der Waals surface area contributed by atoms with E-state index in [2.05, 4.69) is 55.5 Å². The molecule has 0 aliphatic carbocycles. The van der Waals surface area contributed by atoms with Gasteiger partial charge in [-0.05, 0) is 56.7 Å². The molecule has 2 atom stereocenters. The first-order valence-corrected chi connectivity index (χ1v) is 12.5. The molecule has 1 N–H and O–H groups in total. The third-order valence-corrected chi connectivity index (χ3v) is 8.28. The molecule has 2 saturated heterocycles. The van der Waals surface area contributed by atoms with Gasteiger partial charge in [0.1, 0.15) is 0 Å². The molecule has 5 heterocycles. The van der Waals surface area contributed by atoms with E-state index < -0.39 is 0 Å². The molecule has 2 aromatic heterocycles. The van der Waals surface area contributed by atoms with E-state index >= 15 is 0 Å². The monoisotopic (exact) mass is 427 g/mol. The predicted octanol–water partition coefficient (Wildman–Crippen LogP) is 2.83. The van der Waals surface area contributed by atoms with Crippen LogP contribution in [-0.2, 0) is 19.6 Å². The number of hydrogen-bond acceptors (Lipinski definition) is 5. The average molecular weight is 428 g/mol. The number of likely N-dealkylation sites (tertiary alicyclic amines) is 1. The predicted molar refractivity (Wildman–Crippen MR) is 122 cm³/mol. The number of rotatable bonds is 5. The van der Waals surface area contributed by atoms with Crippen molar-refractivity contribution in [3.8, 4) is 0 Å². The summed E-state index contributed by atoms with van der Waals surface area (Å²) in [6.45, 7) is 6.69. The number of aryl methyl sites for hydroxylation is 1. The maximum atomic E-state index is 13.3. The second-order valence-electron chi connectivity index (χ2n) is 9.49. The van der Waals surface area contributed by atoms with Gasteiger partial charge in [-0.3, -0.25) is 19.7 Å². The summed E-state index contributed by atoms with van der Waals surface area (Å²) < 4.78 is 2.11. The van der Waals surface area contributed by atoms with Crippen molar-refractivity contribution in [2.45, 2.75) is 57.8 Å². The van der Waals surface area contributed by atoms with Gasteiger partial charge in [0.25, 0.3) is 5.56 Å². The van der Waals surface area contributed by atoms with E-state index in [0.29, 0.717) is 18.4 Å². The molecule has 0 aromatic carbocycles. The van der Waals surface area contributed by atoms with Crippen LogP contribution in [0.3, 0.4) is 0 Å². The van der Waals surface area contributed by atoms with Crippen molar-refractivity contribution in [3.63, 3.8) is 0 Å². The highest BCUT2D eigenvalue weighted by molar-refractivity contribution is 7.99. The van der Waals surface area contributed by atoms with Crippen LogP contribution in [0.4, 0.5) is 0 Å². The van der Waals surface area contributed by atoms with E-state index in [1.165, 1.54) is 48.6 Å². The molecule has 0 spiro atoms. The number of aromatic nitrogens is 3. The molecule has 0 saturated carbocycles. The Morgan fingerprint density at radius 1 is 1.17 bits per heavy atom. The Balaban J connectivity index is 1.32. The fraction of sp³-hybridized carbons (Fsp3) is 0.652. The third-order valence-electron chi connectivity index (χ3n) is 7.23. The van der Waals surface area contributed by atoms with Crippen LogP contribution < -0.4 is 5.56 Å². The van der Waals surface area contributed by atoms with E-state index in [9.17, 15) is 4.79 Å². The highest BCUT2D eigenvalue weighted by Crippen LogP contribution is 2.37. The lowest BCUT2D eigenvalue weighted by Gasteiger charge is -2.46. The van der Waals surface area contributed by atoms with E-state index in [1.54, 1.807) is 0 Å². The molecule has 0 amide bonds. The Bertz CT molecular complexity index is 947. The number of H-pyrrole nitrogens is 1. The van der Waals surface area contributed by atoms with Gasteiger partial charge in [0, 0.05) is 67.2 Å². The van der Waals surface area contributed by atoms with Crippen molar-refractivity contribution in [3.05, 3.63) is 51.2 Å². The molecule has 2 bridgehead atoms. The number of thioether (sulfide) groups is 1. The molecular weight excluding hydrogens is 394 g/mol. The van der Waals surface area contributed by atoms with Crippen molar-refractivity contribution in [1.29, 1.82) is 0 Å². The highest BCUT2D eigenvalue weighted by atomic mass is 32.2. The molecule has 3 aliphatic rings. The molecule has 2 fully saturated rings. The van der Waals surface area contributed by atoms with Crippen LogP contribution in [0.1, 0.15) is 47.7 Å². The number of piperidine rings is 1. The third kappa shape index (κ3) is 3.99. The summed E-state index contributed by atoms with van der Waals surface area (Å²) in [5.41, 5.74) is 4.68. The topological polar surface area (TPSA) is 57.2 Å². The van der Waals surface area contributed by atoms with Gasteiger partial charge in [-0.2, -0.15) is 16.9 Å². The van der Waals surface area contributed by atoms with Gasteiger partial charge >= 0.3 is 0 Å². The van der Waals surface area contributed by atoms with E-state index in [0.717, 1.165) is 36.9 Å². The minimum absolute atomic E-state index is 0.223. The van der Waals surface area contributed by atoms with Gasteiger partial charge in [0.05, 0.1) is 6.20 Å².